The Hall–Kier alpha value is -2.47. The Morgan fingerprint density at radius 3 is 2.68 bits per heavy atom. The van der Waals surface area contributed by atoms with E-state index in [0.29, 0.717) is 31.4 Å². The summed E-state index contributed by atoms with van der Waals surface area (Å²) in [4.78, 5) is 22.4. The summed E-state index contributed by atoms with van der Waals surface area (Å²) in [5.41, 5.74) is 1.07. The molecule has 2 heterocycles. The number of hydrogen-bond donors (Lipinski definition) is 0. The third kappa shape index (κ3) is 5.26. The van der Waals surface area contributed by atoms with Gasteiger partial charge in [-0.3, -0.25) is 4.79 Å². The number of hydrogen-bond acceptors (Lipinski definition) is 5. The number of aromatic nitrogens is 2. The Morgan fingerprint density at radius 2 is 1.96 bits per heavy atom. The van der Waals surface area contributed by atoms with E-state index in [2.05, 4.69) is 9.97 Å². The molecule has 6 nitrogen and oxygen atoms in total. The van der Waals surface area contributed by atoms with Crippen LogP contribution in [0.2, 0.25) is 0 Å². The lowest BCUT2D eigenvalue weighted by Crippen LogP contribution is -2.43. The molecule has 1 fully saturated rings. The van der Waals surface area contributed by atoms with Crippen molar-refractivity contribution in [3.05, 3.63) is 54.0 Å². The van der Waals surface area contributed by atoms with Crippen LogP contribution in [0.25, 0.3) is 0 Å². The Bertz CT molecular complexity index is 685. The Labute approximate surface area is 147 Å². The van der Waals surface area contributed by atoms with E-state index in [4.69, 9.17) is 9.47 Å². The number of piperidine rings is 1. The van der Waals surface area contributed by atoms with Gasteiger partial charge in [-0.15, -0.1) is 0 Å². The van der Waals surface area contributed by atoms with Crippen molar-refractivity contribution in [2.24, 2.45) is 0 Å². The van der Waals surface area contributed by atoms with E-state index < -0.39 is 0 Å². The fraction of sp³-hybridized carbons (Fsp3) is 0.421. The van der Waals surface area contributed by atoms with Gasteiger partial charge in [-0.1, -0.05) is 30.3 Å². The lowest BCUT2D eigenvalue weighted by molar-refractivity contribution is -0.138. The molecule has 0 bridgehead atoms. The maximum Gasteiger partial charge on any atom is 0.248 e. The molecule has 0 N–H and O–H groups in total. The first-order valence-corrected chi connectivity index (χ1v) is 8.56. The number of carbonyl (C=O) groups is 1. The monoisotopic (exact) mass is 341 g/mol. The van der Waals surface area contributed by atoms with Gasteiger partial charge in [0.2, 0.25) is 11.8 Å². The van der Waals surface area contributed by atoms with Crippen LogP contribution in [0.15, 0.2) is 42.6 Å². The molecule has 1 aromatic carbocycles. The minimum atomic E-state index is 0.0345. The van der Waals surface area contributed by atoms with E-state index in [9.17, 15) is 4.79 Å². The molecule has 1 amide bonds. The van der Waals surface area contributed by atoms with Crippen LogP contribution in [0.4, 0.5) is 0 Å². The molecule has 1 saturated heterocycles. The average molecular weight is 341 g/mol. The lowest BCUT2D eigenvalue weighted by atomic mass is 10.1. The van der Waals surface area contributed by atoms with Crippen molar-refractivity contribution in [3.63, 3.8) is 0 Å². The highest BCUT2D eigenvalue weighted by atomic mass is 16.5. The summed E-state index contributed by atoms with van der Waals surface area (Å²) in [5, 5.41) is 0. The summed E-state index contributed by atoms with van der Waals surface area (Å²) in [5.74, 6) is 1.33. The lowest BCUT2D eigenvalue weighted by Gasteiger charge is -2.31. The highest BCUT2D eigenvalue weighted by molar-refractivity contribution is 5.77. The molecule has 0 saturated carbocycles. The van der Waals surface area contributed by atoms with Crippen molar-refractivity contribution in [2.45, 2.75) is 32.5 Å². The Morgan fingerprint density at radius 1 is 1.20 bits per heavy atom. The van der Waals surface area contributed by atoms with Crippen LogP contribution in [0.1, 0.15) is 24.2 Å². The van der Waals surface area contributed by atoms with Crippen molar-refractivity contribution in [1.29, 1.82) is 0 Å². The third-order valence-corrected chi connectivity index (χ3v) is 4.17. The molecule has 0 aliphatic carbocycles. The van der Waals surface area contributed by atoms with Crippen molar-refractivity contribution in [2.75, 3.05) is 19.7 Å². The number of aryl methyl sites for hydroxylation is 1. The van der Waals surface area contributed by atoms with Gasteiger partial charge in [-0.05, 0) is 12.5 Å². The first-order chi connectivity index (χ1) is 12.2. The van der Waals surface area contributed by atoms with Gasteiger partial charge in [0.25, 0.3) is 0 Å². The number of amides is 1. The van der Waals surface area contributed by atoms with Gasteiger partial charge in [0.15, 0.2) is 0 Å². The standard InChI is InChI=1S/C19H23N3O3/c1-15-20-10-7-18(21-15)25-17-8-11-22(12-9-17)19(23)14-24-13-16-5-3-2-4-6-16/h2-7,10,17H,8-9,11-14H2,1H3. The minimum Gasteiger partial charge on any atom is -0.474 e. The molecule has 132 valence electrons. The molecule has 1 aliphatic heterocycles. The number of benzene rings is 1. The molecule has 0 atom stereocenters. The van der Waals surface area contributed by atoms with Crippen LogP contribution in [0, 0.1) is 6.92 Å². The molecule has 1 aromatic heterocycles. The molecule has 25 heavy (non-hydrogen) atoms. The zero-order chi connectivity index (χ0) is 17.5. The molecule has 2 aromatic rings. The van der Waals surface area contributed by atoms with Crippen LogP contribution in [-0.2, 0) is 16.1 Å². The predicted molar refractivity (Wildman–Crippen MR) is 93.1 cm³/mol. The maximum absolute atomic E-state index is 12.2. The summed E-state index contributed by atoms with van der Waals surface area (Å²) < 4.78 is 11.4. The molecule has 6 heteroatoms. The van der Waals surface area contributed by atoms with Gasteiger partial charge >= 0.3 is 0 Å². The van der Waals surface area contributed by atoms with Crippen LogP contribution in [0.5, 0.6) is 5.88 Å². The molecule has 1 aliphatic rings. The third-order valence-electron chi connectivity index (χ3n) is 4.17. The van der Waals surface area contributed by atoms with Crippen LogP contribution in [0.3, 0.4) is 0 Å². The second kappa shape index (κ2) is 8.58. The van der Waals surface area contributed by atoms with E-state index in [0.717, 1.165) is 18.4 Å². The van der Waals surface area contributed by atoms with E-state index in [1.165, 1.54) is 0 Å². The number of ether oxygens (including phenoxy) is 2. The van der Waals surface area contributed by atoms with Crippen molar-refractivity contribution in [1.82, 2.24) is 14.9 Å². The Kier molecular flexibility index (Phi) is 5.95. The van der Waals surface area contributed by atoms with E-state index >= 15 is 0 Å². The molecule has 0 radical (unpaired) electrons. The van der Waals surface area contributed by atoms with Gasteiger partial charge in [0.1, 0.15) is 18.5 Å². The van der Waals surface area contributed by atoms with Gasteiger partial charge in [0, 0.05) is 38.2 Å². The number of likely N-dealkylation sites (tertiary alicyclic amines) is 1. The zero-order valence-corrected chi connectivity index (χ0v) is 14.4. The maximum atomic E-state index is 12.2. The smallest absolute Gasteiger partial charge is 0.248 e. The molecule has 0 spiro atoms. The normalized spacial score (nSPS) is 15.2. The first-order valence-electron chi connectivity index (χ1n) is 8.56. The molecule has 0 unspecified atom stereocenters. The largest absolute Gasteiger partial charge is 0.474 e. The highest BCUT2D eigenvalue weighted by Crippen LogP contribution is 2.17. The topological polar surface area (TPSA) is 64.5 Å². The predicted octanol–water partition coefficient (Wildman–Crippen LogP) is 2.37. The van der Waals surface area contributed by atoms with Gasteiger partial charge in [0.05, 0.1) is 6.61 Å². The fourth-order valence-corrected chi connectivity index (χ4v) is 2.82. The summed E-state index contributed by atoms with van der Waals surface area (Å²) in [6, 6.07) is 11.6. The Balaban J connectivity index is 1.38. The van der Waals surface area contributed by atoms with Crippen LogP contribution < -0.4 is 4.74 Å². The van der Waals surface area contributed by atoms with Gasteiger partial charge in [-0.2, -0.15) is 4.98 Å². The molecular formula is C19H23N3O3. The van der Waals surface area contributed by atoms with Crippen molar-refractivity contribution < 1.29 is 14.3 Å². The second-order valence-corrected chi connectivity index (χ2v) is 6.12. The second-order valence-electron chi connectivity index (χ2n) is 6.12. The SMILES string of the molecule is Cc1nccc(OC2CCN(C(=O)COCc3ccccc3)CC2)n1. The molecule has 3 rings (SSSR count). The zero-order valence-electron chi connectivity index (χ0n) is 14.4. The fourth-order valence-electron chi connectivity index (χ4n) is 2.82. The average Bonchev–Trinajstić information content (AvgIpc) is 2.63. The number of nitrogens with zero attached hydrogens (tertiary/aromatic N) is 3. The minimum absolute atomic E-state index is 0.0345. The van der Waals surface area contributed by atoms with E-state index in [1.54, 1.807) is 12.3 Å². The summed E-state index contributed by atoms with van der Waals surface area (Å²) in [6.45, 7) is 3.78. The number of carbonyl (C=O) groups excluding carboxylic acids is 1. The van der Waals surface area contributed by atoms with Gasteiger partial charge < -0.3 is 14.4 Å². The summed E-state index contributed by atoms with van der Waals surface area (Å²) in [7, 11) is 0. The van der Waals surface area contributed by atoms with Crippen molar-refractivity contribution >= 4 is 5.91 Å². The number of rotatable bonds is 6. The van der Waals surface area contributed by atoms with E-state index in [1.807, 2.05) is 42.2 Å². The quantitative estimate of drug-likeness (QED) is 0.807. The van der Waals surface area contributed by atoms with Crippen LogP contribution in [-0.4, -0.2) is 46.6 Å². The summed E-state index contributed by atoms with van der Waals surface area (Å²) in [6.07, 6.45) is 3.38. The van der Waals surface area contributed by atoms with Crippen LogP contribution >= 0.6 is 0 Å². The van der Waals surface area contributed by atoms with E-state index in [-0.39, 0.29) is 18.6 Å². The van der Waals surface area contributed by atoms with Crippen molar-refractivity contribution in [3.8, 4) is 5.88 Å². The summed E-state index contributed by atoms with van der Waals surface area (Å²) >= 11 is 0. The first kappa shape index (κ1) is 17.4. The molecular weight excluding hydrogens is 318 g/mol. The highest BCUT2D eigenvalue weighted by Gasteiger charge is 2.24. The van der Waals surface area contributed by atoms with Gasteiger partial charge in [-0.25, -0.2) is 4.98 Å².